The SMILES string of the molecule is C[C@H]1CC=CCCC(=O)NC(c2ccccc2)COC1=O. The van der Waals surface area contributed by atoms with Gasteiger partial charge in [0, 0.05) is 6.42 Å². The van der Waals surface area contributed by atoms with Gasteiger partial charge in [-0.05, 0) is 18.4 Å². The van der Waals surface area contributed by atoms with E-state index >= 15 is 0 Å². The van der Waals surface area contributed by atoms with Crippen LogP contribution in [-0.4, -0.2) is 18.5 Å². The molecule has 1 unspecified atom stereocenters. The second kappa shape index (κ2) is 7.62. The van der Waals surface area contributed by atoms with Gasteiger partial charge >= 0.3 is 5.97 Å². The Morgan fingerprint density at radius 1 is 1.14 bits per heavy atom. The van der Waals surface area contributed by atoms with Gasteiger partial charge in [-0.15, -0.1) is 0 Å². The van der Waals surface area contributed by atoms with Gasteiger partial charge in [-0.2, -0.15) is 0 Å². The number of carbonyl (C=O) groups excluding carboxylic acids is 2. The van der Waals surface area contributed by atoms with Crippen LogP contribution in [0.4, 0.5) is 0 Å². The van der Waals surface area contributed by atoms with E-state index in [-0.39, 0.29) is 30.4 Å². The average Bonchev–Trinajstić information content (AvgIpc) is 2.50. The van der Waals surface area contributed by atoms with E-state index in [9.17, 15) is 9.59 Å². The van der Waals surface area contributed by atoms with Gasteiger partial charge in [0.05, 0.1) is 12.0 Å². The van der Waals surface area contributed by atoms with Crippen LogP contribution in [0.15, 0.2) is 42.5 Å². The molecule has 0 aromatic heterocycles. The number of rotatable bonds is 1. The third kappa shape index (κ3) is 4.74. The van der Waals surface area contributed by atoms with E-state index < -0.39 is 0 Å². The van der Waals surface area contributed by atoms with Crippen molar-refractivity contribution in [1.82, 2.24) is 5.32 Å². The van der Waals surface area contributed by atoms with Crippen LogP contribution in [0.5, 0.6) is 0 Å². The molecule has 1 N–H and O–H groups in total. The quantitative estimate of drug-likeness (QED) is 0.638. The predicted octanol–water partition coefficient (Wildman–Crippen LogP) is 2.76. The van der Waals surface area contributed by atoms with Gasteiger partial charge in [0.1, 0.15) is 6.61 Å². The first-order chi connectivity index (χ1) is 10.2. The lowest BCUT2D eigenvalue weighted by Gasteiger charge is -2.20. The Morgan fingerprint density at radius 3 is 2.67 bits per heavy atom. The first-order valence-electron chi connectivity index (χ1n) is 7.32. The molecule has 0 bridgehead atoms. The number of benzene rings is 1. The second-order valence-corrected chi connectivity index (χ2v) is 5.31. The summed E-state index contributed by atoms with van der Waals surface area (Å²) in [7, 11) is 0. The Labute approximate surface area is 125 Å². The number of cyclic esters (lactones) is 1. The number of hydrogen-bond acceptors (Lipinski definition) is 3. The summed E-state index contributed by atoms with van der Waals surface area (Å²) in [6, 6.07) is 9.29. The minimum Gasteiger partial charge on any atom is -0.463 e. The van der Waals surface area contributed by atoms with E-state index in [0.29, 0.717) is 19.3 Å². The summed E-state index contributed by atoms with van der Waals surface area (Å²) in [5.74, 6) is -0.415. The number of hydrogen-bond donors (Lipinski definition) is 1. The molecular formula is C17H21NO3. The Bertz CT molecular complexity index is 510. The van der Waals surface area contributed by atoms with Gasteiger partial charge in [-0.1, -0.05) is 49.4 Å². The lowest BCUT2D eigenvalue weighted by atomic mass is 10.1. The van der Waals surface area contributed by atoms with Crippen molar-refractivity contribution in [3.63, 3.8) is 0 Å². The minimum absolute atomic E-state index is 0.0295. The fourth-order valence-corrected chi connectivity index (χ4v) is 2.21. The maximum atomic E-state index is 11.9. The molecule has 0 saturated carbocycles. The fourth-order valence-electron chi connectivity index (χ4n) is 2.21. The van der Waals surface area contributed by atoms with Crippen LogP contribution in [-0.2, 0) is 14.3 Å². The van der Waals surface area contributed by atoms with Gasteiger partial charge < -0.3 is 10.1 Å². The maximum Gasteiger partial charge on any atom is 0.309 e. The van der Waals surface area contributed by atoms with Crippen LogP contribution in [0.2, 0.25) is 0 Å². The van der Waals surface area contributed by atoms with E-state index in [0.717, 1.165) is 5.56 Å². The number of ether oxygens (including phenoxy) is 1. The molecule has 1 aliphatic heterocycles. The van der Waals surface area contributed by atoms with Crippen LogP contribution in [0.25, 0.3) is 0 Å². The summed E-state index contributed by atoms with van der Waals surface area (Å²) in [6.07, 6.45) is 5.67. The molecule has 1 aliphatic rings. The summed E-state index contributed by atoms with van der Waals surface area (Å²) in [5, 5.41) is 2.94. The number of nitrogens with one attached hydrogen (secondary N) is 1. The number of allylic oxidation sites excluding steroid dienone is 2. The molecule has 1 amide bonds. The zero-order valence-corrected chi connectivity index (χ0v) is 12.2. The van der Waals surface area contributed by atoms with Gasteiger partial charge in [0.25, 0.3) is 0 Å². The van der Waals surface area contributed by atoms with Gasteiger partial charge in [-0.25, -0.2) is 0 Å². The fraction of sp³-hybridized carbons (Fsp3) is 0.412. The van der Waals surface area contributed by atoms with Crippen molar-refractivity contribution in [2.45, 2.75) is 32.2 Å². The second-order valence-electron chi connectivity index (χ2n) is 5.31. The van der Waals surface area contributed by atoms with Crippen molar-refractivity contribution in [2.75, 3.05) is 6.61 Å². The zero-order chi connectivity index (χ0) is 15.1. The van der Waals surface area contributed by atoms with Crippen LogP contribution in [0, 0.1) is 5.92 Å². The highest BCUT2D eigenvalue weighted by Gasteiger charge is 2.19. The monoisotopic (exact) mass is 287 g/mol. The van der Waals surface area contributed by atoms with Crippen molar-refractivity contribution in [2.24, 2.45) is 5.92 Å². The van der Waals surface area contributed by atoms with E-state index in [1.54, 1.807) is 0 Å². The van der Waals surface area contributed by atoms with E-state index in [1.165, 1.54) is 0 Å². The molecule has 0 aliphatic carbocycles. The molecule has 1 aromatic carbocycles. The highest BCUT2D eigenvalue weighted by atomic mass is 16.5. The molecule has 1 aromatic rings. The molecule has 2 atom stereocenters. The molecule has 0 spiro atoms. The predicted molar refractivity (Wildman–Crippen MR) is 80.4 cm³/mol. The molecule has 0 radical (unpaired) electrons. The summed E-state index contributed by atoms with van der Waals surface area (Å²) >= 11 is 0. The third-order valence-corrected chi connectivity index (χ3v) is 3.53. The smallest absolute Gasteiger partial charge is 0.309 e. The normalized spacial score (nSPS) is 24.4. The largest absolute Gasteiger partial charge is 0.463 e. The Morgan fingerprint density at radius 2 is 1.90 bits per heavy atom. The third-order valence-electron chi connectivity index (χ3n) is 3.53. The van der Waals surface area contributed by atoms with Crippen molar-refractivity contribution in [3.05, 3.63) is 48.0 Å². The lowest BCUT2D eigenvalue weighted by Crippen LogP contribution is -2.32. The summed E-state index contributed by atoms with van der Waals surface area (Å²) in [6.45, 7) is 2.02. The average molecular weight is 287 g/mol. The van der Waals surface area contributed by atoms with Crippen molar-refractivity contribution in [1.29, 1.82) is 0 Å². The van der Waals surface area contributed by atoms with Crippen LogP contribution in [0.3, 0.4) is 0 Å². The Kier molecular flexibility index (Phi) is 5.55. The molecule has 0 saturated heterocycles. The summed E-state index contributed by atoms with van der Waals surface area (Å²) in [4.78, 5) is 23.9. The topological polar surface area (TPSA) is 55.4 Å². The van der Waals surface area contributed by atoms with Crippen LogP contribution >= 0.6 is 0 Å². The first kappa shape index (κ1) is 15.3. The van der Waals surface area contributed by atoms with E-state index in [2.05, 4.69) is 5.32 Å². The number of esters is 1. The standard InChI is InChI=1S/C17H21NO3/c1-13-8-4-2-7-11-16(19)18-15(12-21-17(13)20)14-9-5-3-6-10-14/h2-6,9-10,13,15H,7-8,11-12H2,1H3,(H,18,19)/t13-,15?/m0/s1. The maximum absolute atomic E-state index is 11.9. The minimum atomic E-state index is -0.293. The summed E-state index contributed by atoms with van der Waals surface area (Å²) in [5.41, 5.74) is 0.943. The number of amides is 1. The van der Waals surface area contributed by atoms with Crippen molar-refractivity contribution < 1.29 is 14.3 Å². The molecule has 4 heteroatoms. The van der Waals surface area contributed by atoms with E-state index in [1.807, 2.05) is 49.4 Å². The highest BCUT2D eigenvalue weighted by Crippen LogP contribution is 2.16. The van der Waals surface area contributed by atoms with Gasteiger partial charge in [-0.3, -0.25) is 9.59 Å². The molecule has 2 rings (SSSR count). The summed E-state index contributed by atoms with van der Waals surface area (Å²) < 4.78 is 5.35. The Hall–Kier alpha value is -2.10. The van der Waals surface area contributed by atoms with Crippen LogP contribution in [0.1, 0.15) is 37.8 Å². The lowest BCUT2D eigenvalue weighted by molar-refractivity contribution is -0.149. The number of carbonyl (C=O) groups is 2. The van der Waals surface area contributed by atoms with Crippen LogP contribution < -0.4 is 5.32 Å². The molecule has 0 fully saturated rings. The molecule has 4 nitrogen and oxygen atoms in total. The molecule has 1 heterocycles. The van der Waals surface area contributed by atoms with Crippen molar-refractivity contribution in [3.8, 4) is 0 Å². The van der Waals surface area contributed by atoms with Gasteiger partial charge in [0.2, 0.25) is 5.91 Å². The Balaban J connectivity index is 2.13. The van der Waals surface area contributed by atoms with Crippen molar-refractivity contribution >= 4 is 11.9 Å². The first-order valence-corrected chi connectivity index (χ1v) is 7.32. The zero-order valence-electron chi connectivity index (χ0n) is 12.2. The molecular weight excluding hydrogens is 266 g/mol. The van der Waals surface area contributed by atoms with Gasteiger partial charge in [0.15, 0.2) is 0 Å². The van der Waals surface area contributed by atoms with E-state index in [4.69, 9.17) is 4.74 Å². The molecule has 112 valence electrons. The highest BCUT2D eigenvalue weighted by molar-refractivity contribution is 5.77. The molecule has 21 heavy (non-hydrogen) atoms.